The zero-order valence-corrected chi connectivity index (χ0v) is 13.5. The molecular weight excluding hydrogens is 248 g/mol. The molecule has 114 valence electrons. The normalized spacial score (nSPS) is 38.3. The molecule has 3 aliphatic rings. The van der Waals surface area contributed by atoms with Crippen LogP contribution in [0.15, 0.2) is 0 Å². The Bertz CT molecular complexity index is 374. The maximum absolute atomic E-state index is 12.4. The minimum atomic E-state index is 0.0630. The van der Waals surface area contributed by atoms with Crippen LogP contribution in [-0.2, 0) is 4.79 Å². The average molecular weight is 278 g/mol. The average Bonchev–Trinajstić information content (AvgIpc) is 2.74. The molecule has 1 saturated heterocycles. The van der Waals surface area contributed by atoms with Crippen molar-refractivity contribution in [2.24, 2.45) is 22.7 Å². The van der Waals surface area contributed by atoms with Crippen LogP contribution in [0.3, 0.4) is 0 Å². The standard InChI is InChI=1S/C17H30N2O/c1-16(2)14(17(16,3)4)10-18-15(20)13-9-11-7-5-6-8-12(11)19-13/h11-14,19H,5-10H2,1-4H3,(H,18,20). The van der Waals surface area contributed by atoms with Gasteiger partial charge >= 0.3 is 0 Å². The summed E-state index contributed by atoms with van der Waals surface area (Å²) in [6, 6.07) is 0.668. The van der Waals surface area contributed by atoms with Crippen molar-refractivity contribution in [1.29, 1.82) is 0 Å². The number of carbonyl (C=O) groups excluding carboxylic acids is 1. The Morgan fingerprint density at radius 1 is 1.15 bits per heavy atom. The van der Waals surface area contributed by atoms with Gasteiger partial charge < -0.3 is 10.6 Å². The number of hydrogen-bond acceptors (Lipinski definition) is 2. The van der Waals surface area contributed by atoms with E-state index in [9.17, 15) is 4.79 Å². The summed E-state index contributed by atoms with van der Waals surface area (Å²) in [4.78, 5) is 12.4. The molecule has 0 aromatic carbocycles. The van der Waals surface area contributed by atoms with Crippen molar-refractivity contribution in [3.05, 3.63) is 0 Å². The molecule has 3 atom stereocenters. The summed E-state index contributed by atoms with van der Waals surface area (Å²) >= 11 is 0. The topological polar surface area (TPSA) is 41.1 Å². The number of rotatable bonds is 3. The van der Waals surface area contributed by atoms with E-state index in [0.29, 0.717) is 22.8 Å². The molecule has 3 rings (SSSR count). The van der Waals surface area contributed by atoms with Crippen molar-refractivity contribution in [2.45, 2.75) is 71.9 Å². The fourth-order valence-electron chi connectivity index (χ4n) is 4.69. The third-order valence-corrected chi connectivity index (χ3v) is 6.98. The largest absolute Gasteiger partial charge is 0.354 e. The van der Waals surface area contributed by atoms with E-state index in [1.54, 1.807) is 0 Å². The second-order valence-corrected chi connectivity index (χ2v) is 8.35. The summed E-state index contributed by atoms with van der Waals surface area (Å²) in [6.45, 7) is 10.1. The van der Waals surface area contributed by atoms with E-state index >= 15 is 0 Å². The quantitative estimate of drug-likeness (QED) is 0.833. The first kappa shape index (κ1) is 14.4. The van der Waals surface area contributed by atoms with Gasteiger partial charge in [0.1, 0.15) is 0 Å². The zero-order chi connectivity index (χ0) is 14.5. The lowest BCUT2D eigenvalue weighted by Gasteiger charge is -2.24. The highest BCUT2D eigenvalue weighted by atomic mass is 16.2. The number of fused-ring (bicyclic) bond motifs is 1. The fraction of sp³-hybridized carbons (Fsp3) is 0.941. The second kappa shape index (κ2) is 4.72. The van der Waals surface area contributed by atoms with Gasteiger partial charge in [0.2, 0.25) is 5.91 Å². The zero-order valence-electron chi connectivity index (χ0n) is 13.5. The molecule has 3 unspecified atom stereocenters. The predicted molar refractivity (Wildman–Crippen MR) is 81.3 cm³/mol. The highest BCUT2D eigenvalue weighted by Gasteiger charge is 2.64. The third-order valence-electron chi connectivity index (χ3n) is 6.98. The number of carbonyl (C=O) groups is 1. The van der Waals surface area contributed by atoms with E-state index in [2.05, 4.69) is 38.3 Å². The van der Waals surface area contributed by atoms with Crippen molar-refractivity contribution in [2.75, 3.05) is 6.54 Å². The van der Waals surface area contributed by atoms with Gasteiger partial charge in [-0.05, 0) is 41.9 Å². The molecule has 1 amide bonds. The number of amides is 1. The molecule has 3 nitrogen and oxygen atoms in total. The lowest BCUT2D eigenvalue weighted by atomic mass is 9.85. The Morgan fingerprint density at radius 2 is 1.80 bits per heavy atom. The molecule has 1 heterocycles. The smallest absolute Gasteiger partial charge is 0.237 e. The van der Waals surface area contributed by atoms with E-state index in [4.69, 9.17) is 0 Å². The van der Waals surface area contributed by atoms with Crippen LogP contribution in [0.4, 0.5) is 0 Å². The van der Waals surface area contributed by atoms with Crippen LogP contribution in [0.1, 0.15) is 59.8 Å². The van der Waals surface area contributed by atoms with Crippen molar-refractivity contribution in [3.63, 3.8) is 0 Å². The molecule has 0 spiro atoms. The van der Waals surface area contributed by atoms with Gasteiger partial charge in [-0.2, -0.15) is 0 Å². The molecule has 0 bridgehead atoms. The van der Waals surface area contributed by atoms with Crippen LogP contribution in [0.2, 0.25) is 0 Å². The van der Waals surface area contributed by atoms with Gasteiger partial charge in [0, 0.05) is 12.6 Å². The van der Waals surface area contributed by atoms with E-state index in [1.165, 1.54) is 25.7 Å². The molecule has 0 radical (unpaired) electrons. The summed E-state index contributed by atoms with van der Waals surface area (Å²) in [5, 5.41) is 6.77. The van der Waals surface area contributed by atoms with Gasteiger partial charge in [0.15, 0.2) is 0 Å². The van der Waals surface area contributed by atoms with Crippen molar-refractivity contribution in [3.8, 4) is 0 Å². The SMILES string of the molecule is CC1(C)C(CNC(=O)C2CC3CCCCC3N2)C1(C)C. The summed E-state index contributed by atoms with van der Waals surface area (Å²) in [6.07, 6.45) is 6.30. The minimum Gasteiger partial charge on any atom is -0.354 e. The molecule has 0 aromatic rings. The van der Waals surface area contributed by atoms with Crippen LogP contribution < -0.4 is 10.6 Å². The van der Waals surface area contributed by atoms with Crippen LogP contribution in [-0.4, -0.2) is 24.5 Å². The molecule has 0 aromatic heterocycles. The Hall–Kier alpha value is -0.570. The first-order chi connectivity index (χ1) is 9.34. The first-order valence-electron chi connectivity index (χ1n) is 8.38. The van der Waals surface area contributed by atoms with Crippen LogP contribution in [0.5, 0.6) is 0 Å². The highest BCUT2D eigenvalue weighted by molar-refractivity contribution is 5.82. The molecule has 20 heavy (non-hydrogen) atoms. The van der Waals surface area contributed by atoms with Crippen molar-refractivity contribution in [1.82, 2.24) is 10.6 Å². The highest BCUT2D eigenvalue weighted by Crippen LogP contribution is 2.67. The fourth-order valence-corrected chi connectivity index (χ4v) is 4.69. The number of hydrogen-bond donors (Lipinski definition) is 2. The van der Waals surface area contributed by atoms with E-state index < -0.39 is 0 Å². The van der Waals surface area contributed by atoms with E-state index in [0.717, 1.165) is 18.9 Å². The minimum absolute atomic E-state index is 0.0630. The monoisotopic (exact) mass is 278 g/mol. The molecule has 2 N–H and O–H groups in total. The van der Waals surface area contributed by atoms with Crippen LogP contribution in [0, 0.1) is 22.7 Å². The Balaban J connectivity index is 1.49. The summed E-state index contributed by atoms with van der Waals surface area (Å²) in [5.41, 5.74) is 0.717. The van der Waals surface area contributed by atoms with Gasteiger partial charge in [0.05, 0.1) is 6.04 Å². The first-order valence-corrected chi connectivity index (χ1v) is 8.38. The van der Waals surface area contributed by atoms with Gasteiger partial charge in [-0.3, -0.25) is 4.79 Å². The summed E-state index contributed by atoms with van der Waals surface area (Å²) in [7, 11) is 0. The molecule has 3 fully saturated rings. The maximum Gasteiger partial charge on any atom is 0.237 e. The van der Waals surface area contributed by atoms with Crippen molar-refractivity contribution < 1.29 is 4.79 Å². The molecule has 2 saturated carbocycles. The molecule has 1 aliphatic heterocycles. The van der Waals surface area contributed by atoms with Gasteiger partial charge in [-0.1, -0.05) is 40.5 Å². The molecule has 3 heteroatoms. The number of nitrogens with one attached hydrogen (secondary N) is 2. The Kier molecular flexibility index (Phi) is 3.39. The van der Waals surface area contributed by atoms with Crippen LogP contribution >= 0.6 is 0 Å². The van der Waals surface area contributed by atoms with Crippen LogP contribution in [0.25, 0.3) is 0 Å². The third kappa shape index (κ3) is 2.18. The van der Waals surface area contributed by atoms with Crippen molar-refractivity contribution >= 4 is 5.91 Å². The van der Waals surface area contributed by atoms with E-state index in [-0.39, 0.29) is 11.9 Å². The lowest BCUT2D eigenvalue weighted by Crippen LogP contribution is -2.44. The molecular formula is C17H30N2O. The second-order valence-electron chi connectivity index (χ2n) is 8.35. The summed E-state index contributed by atoms with van der Waals surface area (Å²) in [5.74, 6) is 1.59. The Labute approximate surface area is 123 Å². The van der Waals surface area contributed by atoms with E-state index in [1.807, 2.05) is 0 Å². The predicted octanol–water partition coefficient (Wildman–Crippen LogP) is 2.71. The maximum atomic E-state index is 12.4. The lowest BCUT2D eigenvalue weighted by molar-refractivity contribution is -0.123. The molecule has 2 aliphatic carbocycles. The van der Waals surface area contributed by atoms with Gasteiger partial charge in [-0.25, -0.2) is 0 Å². The van der Waals surface area contributed by atoms with Gasteiger partial charge in [0.25, 0.3) is 0 Å². The Morgan fingerprint density at radius 3 is 2.40 bits per heavy atom. The summed E-state index contributed by atoms with van der Waals surface area (Å²) < 4.78 is 0. The van der Waals surface area contributed by atoms with Gasteiger partial charge in [-0.15, -0.1) is 0 Å².